The Labute approximate surface area is 365 Å². The molecule has 0 N–H and O–H groups in total. The fourth-order valence-electron chi connectivity index (χ4n) is 10.5. The summed E-state index contributed by atoms with van der Waals surface area (Å²) >= 11 is 0. The van der Waals surface area contributed by atoms with Crippen molar-refractivity contribution in [2.45, 2.75) is 6.04 Å². The Bertz CT molecular complexity index is 3050. The molecule has 276 valence electrons. The second kappa shape index (κ2) is 15.4. The summed E-state index contributed by atoms with van der Waals surface area (Å²) in [7, 11) is 25.8. The molecule has 8 aromatic rings. The third kappa shape index (κ3) is 6.27. The summed E-state index contributed by atoms with van der Waals surface area (Å²) in [4.78, 5) is 2.75. The van der Waals surface area contributed by atoms with Crippen LogP contribution in [0.5, 0.6) is 0 Å². The minimum Gasteiger partial charge on any atom is -0.456 e. The van der Waals surface area contributed by atoms with Crippen molar-refractivity contribution in [3.05, 3.63) is 149 Å². The molecule has 2 nitrogen and oxygen atoms in total. The fourth-order valence-corrected chi connectivity index (χ4v) is 10.5. The van der Waals surface area contributed by atoms with Crippen molar-refractivity contribution in [3.63, 3.8) is 0 Å². The predicted molar refractivity (Wildman–Crippen MR) is 294 cm³/mol. The Hall–Kier alpha value is -5.67. The van der Waals surface area contributed by atoms with Crippen LogP contribution in [0.1, 0.15) is 5.56 Å². The summed E-state index contributed by atoms with van der Waals surface area (Å²) in [6.07, 6.45) is 0. The molecule has 0 amide bonds. The first-order valence-corrected chi connectivity index (χ1v) is 21.4. The van der Waals surface area contributed by atoms with E-state index in [4.69, 9.17) is 4.42 Å². The van der Waals surface area contributed by atoms with E-state index in [1.165, 1.54) is 116 Å². The SMILES string of the molecule is BC1=C(B)C(N(c2c(B)c(B)c(-c3ccc(-c4ccccc4)cc3)c(B)c2B)c2c(B)c(B)c(-c3ccc4oc5ccccc5c4c3)c(B)c2B)C(B)=C1c1ccccc1. The monoisotopic (exact) mass is 759 g/mol. The van der Waals surface area contributed by atoms with E-state index >= 15 is 0 Å². The van der Waals surface area contributed by atoms with Crippen LogP contribution in [-0.2, 0) is 0 Å². The maximum absolute atomic E-state index is 6.26. The summed E-state index contributed by atoms with van der Waals surface area (Å²) in [5, 5.41) is 2.31. The van der Waals surface area contributed by atoms with Gasteiger partial charge in [0.25, 0.3) is 0 Å². The Kier molecular flexibility index (Phi) is 10.2. The number of hydrogen-bond acceptors (Lipinski definition) is 2. The number of rotatable bonds is 7. The van der Waals surface area contributed by atoms with Crippen LogP contribution >= 0.6 is 0 Å². The standard InChI is InChI=1S/C47H44B11NO/c48-34-31(25-17-15-23(16-18-25)22-9-3-1-4-10-22)35(49)42(56)46(41(34)55)59(45-39(53)32(36(50)40(45)54)24-11-5-2-6-12-24)47-43(57)37(51)33(38(52)44(47)58)26-19-20-30-28(21-26)27-13-7-8-14-29(27)60-30/h1-21,45H,48-58H2. The van der Waals surface area contributed by atoms with Crippen LogP contribution in [0, 0.1) is 0 Å². The third-order valence-electron chi connectivity index (χ3n) is 14.1. The summed E-state index contributed by atoms with van der Waals surface area (Å²) in [6.45, 7) is 0. The molecular formula is C47H44B11NO. The number of furan rings is 1. The molecule has 60 heavy (non-hydrogen) atoms. The van der Waals surface area contributed by atoms with Gasteiger partial charge < -0.3 is 9.32 Å². The smallest absolute Gasteiger partial charge is 0.141 e. The summed E-state index contributed by atoms with van der Waals surface area (Å²) < 4.78 is 6.26. The lowest BCUT2D eigenvalue weighted by Gasteiger charge is -2.42. The lowest BCUT2D eigenvalue weighted by atomic mass is 9.62. The van der Waals surface area contributed by atoms with Crippen molar-refractivity contribution in [2.75, 3.05) is 4.90 Å². The van der Waals surface area contributed by atoms with Crippen LogP contribution in [0.4, 0.5) is 11.4 Å². The second-order valence-electron chi connectivity index (χ2n) is 17.2. The average molecular weight is 758 g/mol. The maximum Gasteiger partial charge on any atom is 0.141 e. The highest BCUT2D eigenvalue weighted by atomic mass is 16.3. The number of anilines is 2. The van der Waals surface area contributed by atoms with Gasteiger partial charge in [0.05, 0.1) is 6.04 Å². The number of para-hydroxylation sites is 1. The molecule has 9 rings (SSSR count). The van der Waals surface area contributed by atoms with Crippen LogP contribution < -0.4 is 48.6 Å². The molecule has 0 spiro atoms. The van der Waals surface area contributed by atoms with Gasteiger partial charge in [-0.2, -0.15) is 0 Å². The quantitative estimate of drug-likeness (QED) is 0.153. The fraction of sp³-hybridized carbons (Fsp3) is 0.0213. The van der Waals surface area contributed by atoms with Gasteiger partial charge in [-0.25, -0.2) is 0 Å². The highest BCUT2D eigenvalue weighted by Gasteiger charge is 2.36. The molecule has 0 fully saturated rings. The zero-order valence-corrected chi connectivity index (χ0v) is 37.1. The van der Waals surface area contributed by atoms with E-state index in [9.17, 15) is 0 Å². The Balaban J connectivity index is 1.27. The first-order chi connectivity index (χ1) is 28.9. The van der Waals surface area contributed by atoms with Crippen molar-refractivity contribution < 1.29 is 4.42 Å². The molecule has 1 heterocycles. The van der Waals surface area contributed by atoms with Gasteiger partial charge in [-0.05, 0) is 62.7 Å². The molecule has 0 saturated heterocycles. The first kappa shape index (κ1) is 39.8. The van der Waals surface area contributed by atoms with Gasteiger partial charge in [0, 0.05) is 22.1 Å². The highest BCUT2D eigenvalue weighted by molar-refractivity contribution is 6.65. The Morgan fingerprint density at radius 2 is 0.800 bits per heavy atom. The van der Waals surface area contributed by atoms with Crippen LogP contribution in [0.3, 0.4) is 0 Å². The Morgan fingerprint density at radius 1 is 0.367 bits per heavy atom. The molecule has 0 bridgehead atoms. The number of nitrogens with zero attached hydrogens (tertiary/aromatic N) is 1. The van der Waals surface area contributed by atoms with Gasteiger partial charge in [-0.3, -0.25) is 0 Å². The van der Waals surface area contributed by atoms with Crippen LogP contribution in [0.25, 0.3) is 60.9 Å². The van der Waals surface area contributed by atoms with Crippen molar-refractivity contribution >= 4 is 169 Å². The van der Waals surface area contributed by atoms with Gasteiger partial charge in [0.2, 0.25) is 0 Å². The predicted octanol–water partition coefficient (Wildman–Crippen LogP) is -4.30. The number of fused-ring (bicyclic) bond motifs is 3. The normalized spacial score (nSPS) is 14.1. The van der Waals surface area contributed by atoms with E-state index in [-0.39, 0.29) is 6.04 Å². The molecule has 0 aliphatic heterocycles. The molecule has 1 atom stereocenters. The van der Waals surface area contributed by atoms with Gasteiger partial charge in [-0.15, -0.1) is 0 Å². The summed E-state index contributed by atoms with van der Waals surface area (Å²) in [6, 6.07) is 46.0. The van der Waals surface area contributed by atoms with Crippen molar-refractivity contribution in [3.8, 4) is 33.4 Å². The number of allylic oxidation sites excluding steroid dienone is 2. The minimum absolute atomic E-state index is 0.0445. The molecule has 1 aliphatic carbocycles. The van der Waals surface area contributed by atoms with Crippen LogP contribution in [0.15, 0.2) is 148 Å². The zero-order valence-electron chi connectivity index (χ0n) is 37.1. The molecule has 7 aromatic carbocycles. The van der Waals surface area contributed by atoms with Crippen molar-refractivity contribution in [1.29, 1.82) is 0 Å². The van der Waals surface area contributed by atoms with E-state index in [0.717, 1.165) is 21.9 Å². The minimum atomic E-state index is 0.0445. The van der Waals surface area contributed by atoms with Gasteiger partial charge in [-0.1, -0.05) is 169 Å². The van der Waals surface area contributed by atoms with E-state index in [2.05, 4.69) is 213 Å². The number of benzene rings is 7. The van der Waals surface area contributed by atoms with Crippen molar-refractivity contribution in [2.24, 2.45) is 0 Å². The summed E-state index contributed by atoms with van der Waals surface area (Å²) in [5.74, 6) is 0. The van der Waals surface area contributed by atoms with E-state index in [0.29, 0.717) is 0 Å². The first-order valence-electron chi connectivity index (χ1n) is 21.4. The molecular weight excluding hydrogens is 713 g/mol. The second-order valence-corrected chi connectivity index (χ2v) is 17.2. The molecule has 0 radical (unpaired) electrons. The van der Waals surface area contributed by atoms with E-state index < -0.39 is 0 Å². The average Bonchev–Trinajstić information content (AvgIpc) is 3.74. The molecule has 1 unspecified atom stereocenters. The lowest BCUT2D eigenvalue weighted by molar-refractivity contribution is 0.669. The zero-order chi connectivity index (χ0) is 42.1. The molecule has 0 saturated carbocycles. The third-order valence-corrected chi connectivity index (χ3v) is 14.1. The largest absolute Gasteiger partial charge is 0.456 e. The van der Waals surface area contributed by atoms with Crippen LogP contribution in [-0.4, -0.2) is 92.4 Å². The van der Waals surface area contributed by atoms with Gasteiger partial charge >= 0.3 is 0 Å². The van der Waals surface area contributed by atoms with E-state index in [1.54, 1.807) is 0 Å². The summed E-state index contributed by atoms with van der Waals surface area (Å²) in [5.41, 5.74) is 29.4. The molecule has 1 aromatic heterocycles. The maximum atomic E-state index is 6.26. The van der Waals surface area contributed by atoms with Gasteiger partial charge in [0.15, 0.2) is 0 Å². The topological polar surface area (TPSA) is 16.4 Å². The van der Waals surface area contributed by atoms with Crippen LogP contribution in [0.2, 0.25) is 0 Å². The highest BCUT2D eigenvalue weighted by Crippen LogP contribution is 2.41. The molecule has 1 aliphatic rings. The Morgan fingerprint density at radius 3 is 1.37 bits per heavy atom. The van der Waals surface area contributed by atoms with Crippen molar-refractivity contribution in [1.82, 2.24) is 0 Å². The lowest BCUT2D eigenvalue weighted by Crippen LogP contribution is -2.54. The molecule has 13 heteroatoms. The van der Waals surface area contributed by atoms with E-state index in [1.807, 2.05) is 6.07 Å². The van der Waals surface area contributed by atoms with Gasteiger partial charge in [0.1, 0.15) is 97.5 Å². The number of hydrogen-bond donors (Lipinski definition) is 0.